The summed E-state index contributed by atoms with van der Waals surface area (Å²) in [4.78, 5) is 72.6. The lowest BCUT2D eigenvalue weighted by Gasteiger charge is -2.61. The first-order valence-corrected chi connectivity index (χ1v) is 20.9. The Morgan fingerprint density at radius 3 is 1.80 bits per heavy atom. The average molecular weight is 777 g/mol. The van der Waals surface area contributed by atoms with Crippen molar-refractivity contribution >= 4 is 35.8 Å². The van der Waals surface area contributed by atoms with Gasteiger partial charge >= 0.3 is 30.0 Å². The molecule has 312 valence electrons. The van der Waals surface area contributed by atoms with Crippen LogP contribution in [0, 0.1) is 52.3 Å². The topological polar surface area (TPSA) is 158 Å². The van der Waals surface area contributed by atoms with Crippen LogP contribution in [0.25, 0.3) is 0 Å². The van der Waals surface area contributed by atoms with E-state index in [1.807, 2.05) is 13.8 Å². The lowest BCUT2D eigenvalue weighted by molar-refractivity contribution is -0.172. The summed E-state index contributed by atoms with van der Waals surface area (Å²) >= 11 is 0. The summed E-state index contributed by atoms with van der Waals surface area (Å²) in [7, 11) is 0. The van der Waals surface area contributed by atoms with E-state index >= 15 is 0 Å². The molecule has 11 atom stereocenters. The van der Waals surface area contributed by atoms with Crippen LogP contribution in [0.2, 0.25) is 0 Å². The maximum atomic E-state index is 12.8. The smallest absolute Gasteiger partial charge is 0.462 e. The van der Waals surface area contributed by atoms with Gasteiger partial charge in [-0.15, -0.1) is 0 Å². The van der Waals surface area contributed by atoms with Crippen LogP contribution < -0.4 is 0 Å². The number of Topliss-reactive ketones (excluding diaryl/α,β-unsaturated/α-hetero) is 1. The molecule has 0 aromatic heterocycles. The van der Waals surface area contributed by atoms with E-state index in [0.29, 0.717) is 29.5 Å². The SMILES string of the molecule is CC(=O)OCC(COC(C)=O)OC(=O)CC(C)CCCCC(C)CC(=O)OC(C)OC(=O)O[C@@H]1CC[C@@]2(C)[C@@H](CC[C@@H]3[C@@H]2CC[C@]2(C)[C@@H](C(C)=O)CC[C@@H]32)C1. The van der Waals surface area contributed by atoms with Crippen LogP contribution in [0.5, 0.6) is 0 Å². The molecule has 4 rings (SSSR count). The van der Waals surface area contributed by atoms with Crippen molar-refractivity contribution in [2.24, 2.45) is 52.3 Å². The molecular formula is C43H68O12. The van der Waals surface area contributed by atoms with E-state index in [1.165, 1.54) is 40.0 Å². The van der Waals surface area contributed by atoms with Crippen molar-refractivity contribution in [1.29, 1.82) is 0 Å². The highest BCUT2D eigenvalue weighted by Crippen LogP contribution is 2.67. The third kappa shape index (κ3) is 12.2. The second kappa shape index (κ2) is 19.8. The Balaban J connectivity index is 1.09. The molecule has 0 aromatic rings. The minimum atomic E-state index is -1.05. The van der Waals surface area contributed by atoms with Crippen LogP contribution in [0.15, 0.2) is 0 Å². The van der Waals surface area contributed by atoms with Gasteiger partial charge in [0.15, 0.2) is 6.10 Å². The van der Waals surface area contributed by atoms with Crippen LogP contribution in [-0.4, -0.2) is 67.5 Å². The van der Waals surface area contributed by atoms with E-state index in [0.717, 1.165) is 64.2 Å². The fourth-order valence-corrected chi connectivity index (χ4v) is 11.1. The van der Waals surface area contributed by atoms with Gasteiger partial charge in [0.05, 0.1) is 0 Å². The predicted octanol–water partition coefficient (Wildman–Crippen LogP) is 8.30. The van der Waals surface area contributed by atoms with E-state index < -0.39 is 42.4 Å². The molecule has 0 bridgehead atoms. The van der Waals surface area contributed by atoms with Gasteiger partial charge in [0, 0.05) is 39.5 Å². The van der Waals surface area contributed by atoms with E-state index in [2.05, 4.69) is 13.8 Å². The van der Waals surface area contributed by atoms with Crippen molar-refractivity contribution in [1.82, 2.24) is 0 Å². The van der Waals surface area contributed by atoms with Gasteiger partial charge in [-0.1, -0.05) is 53.4 Å². The van der Waals surface area contributed by atoms with E-state index in [4.69, 9.17) is 28.4 Å². The Bertz CT molecular complexity index is 1340. The number of esters is 4. The highest BCUT2D eigenvalue weighted by atomic mass is 16.8. The predicted molar refractivity (Wildman–Crippen MR) is 202 cm³/mol. The largest absolute Gasteiger partial charge is 0.511 e. The molecular weight excluding hydrogens is 708 g/mol. The molecule has 3 unspecified atom stereocenters. The first-order chi connectivity index (χ1) is 25.9. The maximum absolute atomic E-state index is 12.8. The molecule has 4 aliphatic carbocycles. The van der Waals surface area contributed by atoms with Gasteiger partial charge in [-0.05, 0) is 111 Å². The number of unbranched alkanes of at least 4 members (excludes halogenated alkanes) is 1. The molecule has 4 fully saturated rings. The zero-order valence-corrected chi connectivity index (χ0v) is 34.7. The summed E-state index contributed by atoms with van der Waals surface area (Å²) in [5.41, 5.74) is 0.372. The van der Waals surface area contributed by atoms with E-state index in [1.54, 1.807) is 6.92 Å². The molecule has 0 saturated heterocycles. The van der Waals surface area contributed by atoms with Crippen molar-refractivity contribution in [3.63, 3.8) is 0 Å². The summed E-state index contributed by atoms with van der Waals surface area (Å²) in [6.07, 6.45) is 10.2. The Kier molecular flexibility index (Phi) is 16.0. The Morgan fingerprint density at radius 2 is 1.22 bits per heavy atom. The van der Waals surface area contributed by atoms with Crippen LogP contribution in [-0.2, 0) is 52.4 Å². The minimum Gasteiger partial charge on any atom is -0.462 e. The number of ketones is 1. The second-order valence-electron chi connectivity index (χ2n) is 18.0. The third-order valence-electron chi connectivity index (χ3n) is 13.8. The highest BCUT2D eigenvalue weighted by Gasteiger charge is 2.61. The second-order valence-corrected chi connectivity index (χ2v) is 18.0. The van der Waals surface area contributed by atoms with Crippen LogP contribution in [0.1, 0.15) is 152 Å². The molecule has 4 aliphatic rings. The molecule has 0 spiro atoms. The zero-order valence-electron chi connectivity index (χ0n) is 34.7. The molecule has 0 aromatic carbocycles. The summed E-state index contributed by atoms with van der Waals surface area (Å²) in [5, 5.41) is 0. The summed E-state index contributed by atoms with van der Waals surface area (Å²) in [6, 6.07) is 0. The summed E-state index contributed by atoms with van der Waals surface area (Å²) in [6.45, 7) is 14.2. The highest BCUT2D eigenvalue weighted by molar-refractivity contribution is 5.79. The molecule has 12 nitrogen and oxygen atoms in total. The van der Waals surface area contributed by atoms with Crippen LogP contribution in [0.3, 0.4) is 0 Å². The van der Waals surface area contributed by atoms with Gasteiger partial charge in [0.2, 0.25) is 6.29 Å². The molecule has 0 radical (unpaired) electrons. The van der Waals surface area contributed by atoms with Gasteiger partial charge in [0.1, 0.15) is 25.1 Å². The minimum absolute atomic E-state index is 0.0462. The van der Waals surface area contributed by atoms with Gasteiger partial charge in [-0.2, -0.15) is 0 Å². The van der Waals surface area contributed by atoms with Gasteiger partial charge in [0.25, 0.3) is 0 Å². The lowest BCUT2D eigenvalue weighted by Crippen LogP contribution is -2.54. The van der Waals surface area contributed by atoms with Crippen molar-refractivity contribution in [2.45, 2.75) is 170 Å². The quantitative estimate of drug-likeness (QED) is 0.0568. The van der Waals surface area contributed by atoms with Gasteiger partial charge < -0.3 is 28.4 Å². The van der Waals surface area contributed by atoms with Gasteiger partial charge in [-0.3, -0.25) is 24.0 Å². The number of carbonyl (C=O) groups is 6. The van der Waals surface area contributed by atoms with Crippen molar-refractivity contribution < 1.29 is 57.2 Å². The summed E-state index contributed by atoms with van der Waals surface area (Å²) in [5.74, 6) is 1.21. The van der Waals surface area contributed by atoms with Crippen LogP contribution in [0.4, 0.5) is 4.79 Å². The Labute approximate surface area is 328 Å². The molecule has 0 N–H and O–H groups in total. The maximum Gasteiger partial charge on any atom is 0.511 e. The molecule has 0 heterocycles. The third-order valence-corrected chi connectivity index (χ3v) is 13.8. The van der Waals surface area contributed by atoms with Crippen molar-refractivity contribution in [3.05, 3.63) is 0 Å². The number of carbonyl (C=O) groups excluding carboxylic acids is 6. The average Bonchev–Trinajstić information content (AvgIpc) is 3.45. The van der Waals surface area contributed by atoms with E-state index in [-0.39, 0.29) is 60.7 Å². The normalized spacial score (nSPS) is 31.4. The van der Waals surface area contributed by atoms with E-state index in [9.17, 15) is 28.8 Å². The Hall–Kier alpha value is -3.18. The zero-order chi connectivity index (χ0) is 40.5. The molecule has 4 saturated carbocycles. The molecule has 0 aliphatic heterocycles. The first kappa shape index (κ1) is 44.5. The molecule has 12 heteroatoms. The molecule has 0 amide bonds. The number of rotatable bonds is 18. The number of ether oxygens (including phenoxy) is 6. The monoisotopic (exact) mass is 776 g/mol. The van der Waals surface area contributed by atoms with Gasteiger partial charge in [-0.25, -0.2) is 4.79 Å². The Morgan fingerprint density at radius 1 is 0.655 bits per heavy atom. The standard InChI is InChI=1S/C43H68O12/c1-26(11-9-10-12-27(2)22-40(48)54-34(24-50-29(4)45)25-51-30(5)46)21-39(47)52-31(6)53-41(49)55-33-17-19-42(7)32(23-33)13-14-35-37-16-15-36(28(3)44)43(37,8)20-18-38(35)42/h26-27,31-38H,9-25H2,1-8H3/t26?,27?,31?,32-,33+,35-,36+,37-,38-,42-,43+/m0/s1. The van der Waals surface area contributed by atoms with Crippen LogP contribution >= 0.6 is 0 Å². The van der Waals surface area contributed by atoms with Crippen molar-refractivity contribution in [2.75, 3.05) is 13.2 Å². The summed E-state index contributed by atoms with van der Waals surface area (Å²) < 4.78 is 31.7. The number of hydrogen-bond acceptors (Lipinski definition) is 12. The fraction of sp³-hybridized carbons (Fsp3) is 0.860. The number of hydrogen-bond donors (Lipinski definition) is 0. The fourth-order valence-electron chi connectivity index (χ4n) is 11.1. The lowest BCUT2D eigenvalue weighted by atomic mass is 9.44. The number of fused-ring (bicyclic) bond motifs is 5. The first-order valence-electron chi connectivity index (χ1n) is 20.9. The van der Waals surface area contributed by atoms with Crippen molar-refractivity contribution in [3.8, 4) is 0 Å². The molecule has 55 heavy (non-hydrogen) atoms.